The number of carboxylic acids is 1. The number of carboxylic acid groups (broad SMARTS) is 1. The normalized spacial score (nSPS) is 11.5. The molecule has 0 bridgehead atoms. The maximum Gasteiger partial charge on any atom is 0.335 e. The van der Waals surface area contributed by atoms with Gasteiger partial charge in [-0.25, -0.2) is 9.59 Å². The quantitative estimate of drug-likeness (QED) is 0.253. The number of rotatable bonds is 10. The van der Waals surface area contributed by atoms with Crippen LogP contribution in [0.3, 0.4) is 0 Å². The van der Waals surface area contributed by atoms with Crippen LogP contribution in [0.25, 0.3) is 0 Å². The van der Waals surface area contributed by atoms with Crippen molar-refractivity contribution in [1.82, 2.24) is 10.6 Å². The predicted molar refractivity (Wildman–Crippen MR) is 114 cm³/mol. The first-order valence-corrected chi connectivity index (χ1v) is 9.68. The molecule has 9 heteroatoms. The number of carbonyl (C=O) groups excluding carboxylic acids is 1. The van der Waals surface area contributed by atoms with Crippen LogP contribution in [0.5, 0.6) is 5.75 Å². The Morgan fingerprint density at radius 3 is 2.46 bits per heavy atom. The zero-order chi connectivity index (χ0) is 20.4. The monoisotopic (exact) mass is 499 g/mol. The molecule has 0 saturated heterocycles. The first kappa shape index (κ1) is 21.9. The van der Waals surface area contributed by atoms with Crippen molar-refractivity contribution < 1.29 is 24.5 Å². The molecule has 150 valence electrons. The van der Waals surface area contributed by atoms with Crippen molar-refractivity contribution in [2.24, 2.45) is 0 Å². The highest BCUT2D eigenvalue weighted by molar-refractivity contribution is 14.1. The van der Waals surface area contributed by atoms with Gasteiger partial charge in [-0.3, -0.25) is 0 Å². The molecule has 2 aromatic carbocycles. The maximum atomic E-state index is 11.8. The Morgan fingerprint density at radius 1 is 1.07 bits per heavy atom. The number of aliphatic hydroxyl groups is 1. The van der Waals surface area contributed by atoms with E-state index in [1.165, 1.54) is 24.3 Å². The lowest BCUT2D eigenvalue weighted by molar-refractivity contribution is 0.0697. The smallest absolute Gasteiger partial charge is 0.335 e. The van der Waals surface area contributed by atoms with Gasteiger partial charge in [-0.05, 0) is 59.0 Å². The second-order valence-corrected chi connectivity index (χ2v) is 7.02. The molecule has 28 heavy (non-hydrogen) atoms. The van der Waals surface area contributed by atoms with Crippen LogP contribution in [0.1, 0.15) is 10.4 Å². The average Bonchev–Trinajstić information content (AvgIpc) is 2.67. The van der Waals surface area contributed by atoms with Crippen LogP contribution in [0.2, 0.25) is 0 Å². The fourth-order valence-electron chi connectivity index (χ4n) is 2.21. The molecule has 8 nitrogen and oxygen atoms in total. The molecule has 0 aliphatic heterocycles. The molecule has 0 radical (unpaired) electrons. The number of aromatic carboxylic acids is 1. The van der Waals surface area contributed by atoms with Crippen LogP contribution in [-0.2, 0) is 0 Å². The second kappa shape index (κ2) is 11.5. The van der Waals surface area contributed by atoms with Crippen molar-refractivity contribution >= 4 is 40.3 Å². The predicted octanol–water partition coefficient (Wildman–Crippen LogP) is 2.14. The molecule has 5 N–H and O–H groups in total. The van der Waals surface area contributed by atoms with Gasteiger partial charge in [-0.1, -0.05) is 12.1 Å². The first-order valence-electron chi connectivity index (χ1n) is 8.60. The number of aliphatic hydroxyl groups excluding tert-OH is 1. The zero-order valence-corrected chi connectivity index (χ0v) is 17.2. The minimum Gasteiger partial charge on any atom is -0.490 e. The summed E-state index contributed by atoms with van der Waals surface area (Å²) < 4.78 is 6.55. The standard InChI is InChI=1S/C19H22IN3O5/c20-16-3-1-2-4-17(16)28-12-15(24)11-21-9-10-22-19(27)23-14-7-5-13(6-8-14)18(25)26/h1-8,15,21,24H,9-12H2,(H,25,26)(H2,22,23,27)/t15-/m0/s1. The molecule has 0 unspecified atom stereocenters. The van der Waals surface area contributed by atoms with Gasteiger partial charge in [0.15, 0.2) is 0 Å². The summed E-state index contributed by atoms with van der Waals surface area (Å²) in [6.45, 7) is 1.35. The van der Waals surface area contributed by atoms with E-state index in [0.29, 0.717) is 25.3 Å². The highest BCUT2D eigenvalue weighted by atomic mass is 127. The van der Waals surface area contributed by atoms with E-state index in [9.17, 15) is 14.7 Å². The van der Waals surface area contributed by atoms with Crippen LogP contribution in [0, 0.1) is 3.57 Å². The number of benzene rings is 2. The third-order valence-corrected chi connectivity index (χ3v) is 4.52. The molecular weight excluding hydrogens is 477 g/mol. The SMILES string of the molecule is O=C(NCCNC[C@H](O)COc1ccccc1I)Nc1ccc(C(=O)O)cc1. The summed E-state index contributed by atoms with van der Waals surface area (Å²) in [5.74, 6) is -0.287. The van der Waals surface area contributed by atoms with E-state index in [4.69, 9.17) is 9.84 Å². The highest BCUT2D eigenvalue weighted by Gasteiger charge is 2.07. The molecule has 0 aromatic heterocycles. The third kappa shape index (κ3) is 7.71. The van der Waals surface area contributed by atoms with E-state index in [1.54, 1.807) is 0 Å². The van der Waals surface area contributed by atoms with Crippen LogP contribution < -0.4 is 20.7 Å². The number of halogens is 1. The molecule has 0 saturated carbocycles. The summed E-state index contributed by atoms with van der Waals surface area (Å²) in [5, 5.41) is 27.1. The summed E-state index contributed by atoms with van der Waals surface area (Å²) in [5.41, 5.74) is 0.651. The third-order valence-electron chi connectivity index (χ3n) is 3.62. The van der Waals surface area contributed by atoms with Crippen molar-refractivity contribution in [2.75, 3.05) is 31.6 Å². The van der Waals surface area contributed by atoms with Gasteiger partial charge in [0.05, 0.1) is 9.13 Å². The van der Waals surface area contributed by atoms with Gasteiger partial charge in [0, 0.05) is 25.3 Å². The largest absolute Gasteiger partial charge is 0.490 e. The highest BCUT2D eigenvalue weighted by Crippen LogP contribution is 2.19. The summed E-state index contributed by atoms with van der Waals surface area (Å²) in [6, 6.07) is 13.0. The number of amides is 2. The van der Waals surface area contributed by atoms with Crippen molar-refractivity contribution in [3.05, 3.63) is 57.7 Å². The summed E-state index contributed by atoms with van der Waals surface area (Å²) in [6.07, 6.45) is -0.669. The molecule has 0 heterocycles. The topological polar surface area (TPSA) is 120 Å². The molecule has 0 aliphatic rings. The Hall–Kier alpha value is -2.37. The number of hydrogen-bond donors (Lipinski definition) is 5. The van der Waals surface area contributed by atoms with E-state index < -0.39 is 18.1 Å². The number of anilines is 1. The summed E-state index contributed by atoms with van der Waals surface area (Å²) in [7, 11) is 0. The minimum atomic E-state index is -1.02. The lowest BCUT2D eigenvalue weighted by Gasteiger charge is -2.14. The van der Waals surface area contributed by atoms with Crippen molar-refractivity contribution in [2.45, 2.75) is 6.10 Å². The molecule has 1 atom stereocenters. The molecule has 2 rings (SSSR count). The zero-order valence-electron chi connectivity index (χ0n) is 15.0. The fourth-order valence-corrected chi connectivity index (χ4v) is 2.75. The Labute approximate surface area is 176 Å². The summed E-state index contributed by atoms with van der Waals surface area (Å²) >= 11 is 2.17. The van der Waals surface area contributed by atoms with Gasteiger partial charge in [-0.15, -0.1) is 0 Å². The molecule has 0 spiro atoms. The van der Waals surface area contributed by atoms with Gasteiger partial charge in [0.25, 0.3) is 0 Å². The minimum absolute atomic E-state index is 0.152. The Kier molecular flexibility index (Phi) is 8.98. The van der Waals surface area contributed by atoms with Crippen molar-refractivity contribution in [3.63, 3.8) is 0 Å². The van der Waals surface area contributed by atoms with Crippen LogP contribution in [0.15, 0.2) is 48.5 Å². The molecule has 0 aliphatic carbocycles. The van der Waals surface area contributed by atoms with Gasteiger partial charge < -0.3 is 30.9 Å². The van der Waals surface area contributed by atoms with Gasteiger partial charge in [0.1, 0.15) is 18.5 Å². The van der Waals surface area contributed by atoms with Gasteiger partial charge in [0.2, 0.25) is 0 Å². The molecule has 2 aromatic rings. The maximum absolute atomic E-state index is 11.8. The number of carbonyl (C=O) groups is 2. The number of nitrogens with one attached hydrogen (secondary N) is 3. The van der Waals surface area contributed by atoms with E-state index in [0.717, 1.165) is 9.32 Å². The van der Waals surface area contributed by atoms with Crippen LogP contribution in [0.4, 0.5) is 10.5 Å². The lowest BCUT2D eigenvalue weighted by Crippen LogP contribution is -2.38. The molecular formula is C19H22IN3O5. The van der Waals surface area contributed by atoms with E-state index in [1.807, 2.05) is 24.3 Å². The van der Waals surface area contributed by atoms with Crippen molar-refractivity contribution in [3.8, 4) is 5.75 Å². The number of urea groups is 1. The number of ether oxygens (including phenoxy) is 1. The van der Waals surface area contributed by atoms with E-state index >= 15 is 0 Å². The van der Waals surface area contributed by atoms with Crippen LogP contribution in [-0.4, -0.2) is 54.6 Å². The van der Waals surface area contributed by atoms with E-state index in [-0.39, 0.29) is 12.2 Å². The number of hydrogen-bond acceptors (Lipinski definition) is 5. The first-order chi connectivity index (χ1) is 13.5. The van der Waals surface area contributed by atoms with E-state index in [2.05, 4.69) is 38.5 Å². The van der Waals surface area contributed by atoms with Gasteiger partial charge >= 0.3 is 12.0 Å². The Balaban J connectivity index is 1.57. The van der Waals surface area contributed by atoms with Crippen molar-refractivity contribution in [1.29, 1.82) is 0 Å². The molecule has 2 amide bonds. The second-order valence-electron chi connectivity index (χ2n) is 5.86. The van der Waals surface area contributed by atoms with Crippen LogP contribution >= 0.6 is 22.6 Å². The summed E-state index contributed by atoms with van der Waals surface area (Å²) in [4.78, 5) is 22.6. The van der Waals surface area contributed by atoms with Gasteiger partial charge in [-0.2, -0.15) is 0 Å². The number of para-hydroxylation sites is 1. The molecule has 0 fully saturated rings. The fraction of sp³-hybridized carbons (Fsp3) is 0.263. The average molecular weight is 499 g/mol. The Morgan fingerprint density at radius 2 is 1.79 bits per heavy atom. The lowest BCUT2D eigenvalue weighted by atomic mass is 10.2. The Bertz CT molecular complexity index is 785.